The maximum absolute atomic E-state index is 13.3. The lowest BCUT2D eigenvalue weighted by molar-refractivity contribution is -0.153. The number of allylic oxidation sites excluding steroid dienone is 1. The van der Waals surface area contributed by atoms with Gasteiger partial charge < -0.3 is 10.1 Å². The first-order valence-electron chi connectivity index (χ1n) is 11.4. The van der Waals surface area contributed by atoms with E-state index in [-0.39, 0.29) is 18.4 Å². The summed E-state index contributed by atoms with van der Waals surface area (Å²) in [4.78, 5) is 38.6. The molecule has 0 radical (unpaired) electrons. The van der Waals surface area contributed by atoms with E-state index in [9.17, 15) is 19.6 Å². The average molecular weight is 445 g/mol. The van der Waals surface area contributed by atoms with Crippen LogP contribution < -0.4 is 10.8 Å². The van der Waals surface area contributed by atoms with Crippen LogP contribution in [0.4, 0.5) is 0 Å². The van der Waals surface area contributed by atoms with Gasteiger partial charge in [0.25, 0.3) is 0 Å². The van der Waals surface area contributed by atoms with Gasteiger partial charge in [0.15, 0.2) is 0 Å². The molecular formula is C25H36N2O5. The minimum atomic E-state index is -0.860. The van der Waals surface area contributed by atoms with E-state index in [2.05, 4.69) is 11.9 Å². The van der Waals surface area contributed by atoms with Gasteiger partial charge >= 0.3 is 5.97 Å². The van der Waals surface area contributed by atoms with Gasteiger partial charge in [0.2, 0.25) is 11.8 Å². The number of esters is 1. The van der Waals surface area contributed by atoms with Crippen LogP contribution >= 0.6 is 0 Å². The summed E-state index contributed by atoms with van der Waals surface area (Å²) in [6.07, 6.45) is 6.13. The third kappa shape index (κ3) is 7.79. The first-order chi connectivity index (χ1) is 15.3. The van der Waals surface area contributed by atoms with Crippen LogP contribution in [-0.4, -0.2) is 35.1 Å². The molecule has 7 nitrogen and oxygen atoms in total. The Morgan fingerprint density at radius 2 is 1.78 bits per heavy atom. The van der Waals surface area contributed by atoms with Gasteiger partial charge in [-0.2, -0.15) is 0 Å². The lowest BCUT2D eigenvalue weighted by atomic mass is 9.82. The van der Waals surface area contributed by atoms with E-state index in [0.29, 0.717) is 12.8 Å². The molecule has 1 aromatic carbocycles. The number of carbonyl (C=O) groups excluding carboxylic acids is 3. The van der Waals surface area contributed by atoms with Gasteiger partial charge in [0, 0.05) is 6.42 Å². The van der Waals surface area contributed by atoms with Crippen LogP contribution in [0.25, 0.3) is 0 Å². The Bertz CT molecular complexity index is 759. The van der Waals surface area contributed by atoms with Crippen molar-refractivity contribution in [3.8, 4) is 0 Å². The molecule has 3 N–H and O–H groups in total. The fourth-order valence-electron chi connectivity index (χ4n) is 4.25. The Hall–Kier alpha value is -2.67. The van der Waals surface area contributed by atoms with Gasteiger partial charge in [-0.1, -0.05) is 50.3 Å². The second-order valence-corrected chi connectivity index (χ2v) is 8.94. The molecule has 1 aromatic rings. The smallest absolute Gasteiger partial charge is 0.329 e. The second-order valence-electron chi connectivity index (χ2n) is 8.94. The van der Waals surface area contributed by atoms with E-state index >= 15 is 0 Å². The van der Waals surface area contributed by atoms with Crippen molar-refractivity contribution in [2.45, 2.75) is 70.9 Å². The summed E-state index contributed by atoms with van der Waals surface area (Å²) in [5.74, 6) is -2.88. The highest BCUT2D eigenvalue weighted by atomic mass is 16.5. The van der Waals surface area contributed by atoms with Crippen molar-refractivity contribution < 1.29 is 24.3 Å². The van der Waals surface area contributed by atoms with Crippen LogP contribution in [0.1, 0.15) is 57.9 Å². The molecule has 0 heterocycles. The number of nitrogens with one attached hydrogen (secondary N) is 2. The summed E-state index contributed by atoms with van der Waals surface area (Å²) >= 11 is 0. The largest absolute Gasteiger partial charge is 0.461 e. The molecule has 0 bridgehead atoms. The van der Waals surface area contributed by atoms with Gasteiger partial charge in [-0.3, -0.25) is 14.8 Å². The molecule has 1 saturated carbocycles. The van der Waals surface area contributed by atoms with Crippen LogP contribution in [0.3, 0.4) is 0 Å². The van der Waals surface area contributed by atoms with Gasteiger partial charge in [-0.25, -0.2) is 10.3 Å². The van der Waals surface area contributed by atoms with Crippen molar-refractivity contribution >= 4 is 17.8 Å². The Labute approximate surface area is 190 Å². The van der Waals surface area contributed by atoms with Crippen molar-refractivity contribution in [2.24, 2.45) is 17.8 Å². The number of ether oxygens (including phenoxy) is 1. The van der Waals surface area contributed by atoms with Gasteiger partial charge in [0.1, 0.15) is 12.1 Å². The van der Waals surface area contributed by atoms with Crippen molar-refractivity contribution in [1.82, 2.24) is 10.8 Å². The topological polar surface area (TPSA) is 105 Å². The third-order valence-corrected chi connectivity index (χ3v) is 5.88. The Kier molecular flexibility index (Phi) is 10.4. The summed E-state index contributed by atoms with van der Waals surface area (Å²) in [5.41, 5.74) is 2.56. The van der Waals surface area contributed by atoms with E-state index in [1.165, 1.54) is 0 Å². The van der Waals surface area contributed by atoms with Crippen molar-refractivity contribution in [1.29, 1.82) is 0 Å². The minimum Gasteiger partial charge on any atom is -0.461 e. The number of carbonyl (C=O) groups is 3. The molecule has 7 heteroatoms. The number of benzene rings is 1. The Morgan fingerprint density at radius 3 is 2.34 bits per heavy atom. The number of rotatable bonds is 12. The van der Waals surface area contributed by atoms with E-state index in [1.54, 1.807) is 11.6 Å². The maximum atomic E-state index is 13.3. The van der Waals surface area contributed by atoms with E-state index in [0.717, 1.165) is 31.2 Å². The van der Waals surface area contributed by atoms with Crippen LogP contribution in [0.15, 0.2) is 43.0 Å². The summed E-state index contributed by atoms with van der Waals surface area (Å²) in [6, 6.07) is 8.58. The number of hydroxylamine groups is 1. The maximum Gasteiger partial charge on any atom is 0.329 e. The molecule has 0 aromatic heterocycles. The lowest BCUT2D eigenvalue weighted by Crippen LogP contribution is -2.49. The second kappa shape index (κ2) is 13.0. The van der Waals surface area contributed by atoms with Gasteiger partial charge in [-0.05, 0) is 50.0 Å². The van der Waals surface area contributed by atoms with Crippen LogP contribution in [-0.2, 0) is 25.5 Å². The highest BCUT2D eigenvalue weighted by Crippen LogP contribution is 2.26. The number of hydrogen-bond donors (Lipinski definition) is 3. The predicted molar refractivity (Wildman–Crippen MR) is 122 cm³/mol. The normalized spacial score (nSPS) is 16.8. The van der Waals surface area contributed by atoms with E-state index < -0.39 is 35.7 Å². The molecule has 176 valence electrons. The first kappa shape index (κ1) is 25.6. The molecule has 3 atom stereocenters. The minimum absolute atomic E-state index is 0.113. The van der Waals surface area contributed by atoms with Crippen molar-refractivity contribution in [2.75, 3.05) is 0 Å². The molecule has 0 aliphatic heterocycles. The molecule has 1 aliphatic carbocycles. The molecule has 1 aliphatic rings. The zero-order valence-electron chi connectivity index (χ0n) is 19.1. The van der Waals surface area contributed by atoms with E-state index in [1.807, 2.05) is 44.2 Å². The zero-order chi connectivity index (χ0) is 23.5. The van der Waals surface area contributed by atoms with Crippen LogP contribution in [0.5, 0.6) is 0 Å². The molecule has 32 heavy (non-hydrogen) atoms. The SMILES string of the molecule is C=CC[C@H](C(=O)NO)C(CC(C)C)C(=O)NC(Cc1ccccc1)C(=O)OC1CCCC1. The molecule has 2 amide bonds. The first-order valence-corrected chi connectivity index (χ1v) is 11.4. The Balaban J connectivity index is 2.23. The zero-order valence-corrected chi connectivity index (χ0v) is 19.1. The molecule has 2 unspecified atom stereocenters. The average Bonchev–Trinajstić information content (AvgIpc) is 3.28. The predicted octanol–water partition coefficient (Wildman–Crippen LogP) is 3.56. The van der Waals surface area contributed by atoms with Gasteiger partial charge in [0.05, 0.1) is 11.8 Å². The lowest BCUT2D eigenvalue weighted by Gasteiger charge is -2.28. The van der Waals surface area contributed by atoms with Crippen molar-refractivity contribution in [3.05, 3.63) is 48.6 Å². The Morgan fingerprint density at radius 1 is 1.12 bits per heavy atom. The summed E-state index contributed by atoms with van der Waals surface area (Å²) in [7, 11) is 0. The molecule has 1 fully saturated rings. The molecule has 2 rings (SSSR count). The molecule has 0 saturated heterocycles. The number of amides is 2. The summed E-state index contributed by atoms with van der Waals surface area (Å²) < 4.78 is 5.69. The third-order valence-electron chi connectivity index (χ3n) is 5.88. The van der Waals surface area contributed by atoms with E-state index in [4.69, 9.17) is 4.74 Å². The standard InChI is InChI=1S/C25H36N2O5/c1-4-10-20(24(29)27-31)21(15-17(2)3)23(28)26-22(16-18-11-6-5-7-12-18)25(30)32-19-13-8-9-14-19/h4-7,11-12,17,19-22,31H,1,8-10,13-16H2,2-3H3,(H,26,28)(H,27,29)/t20-,21?,22?/m0/s1. The quantitative estimate of drug-likeness (QED) is 0.198. The fourth-order valence-corrected chi connectivity index (χ4v) is 4.25. The van der Waals surface area contributed by atoms with Crippen LogP contribution in [0, 0.1) is 17.8 Å². The molecular weight excluding hydrogens is 408 g/mol. The highest BCUT2D eigenvalue weighted by Gasteiger charge is 2.36. The summed E-state index contributed by atoms with van der Waals surface area (Å²) in [6.45, 7) is 7.59. The monoisotopic (exact) mass is 444 g/mol. The highest BCUT2D eigenvalue weighted by molar-refractivity contribution is 5.90. The van der Waals surface area contributed by atoms with Crippen molar-refractivity contribution in [3.63, 3.8) is 0 Å². The summed E-state index contributed by atoms with van der Waals surface area (Å²) in [5, 5.41) is 12.0. The fraction of sp³-hybridized carbons (Fsp3) is 0.560. The van der Waals surface area contributed by atoms with Crippen LogP contribution in [0.2, 0.25) is 0 Å². The number of hydrogen-bond acceptors (Lipinski definition) is 5. The molecule has 0 spiro atoms. The van der Waals surface area contributed by atoms with Gasteiger partial charge in [-0.15, -0.1) is 6.58 Å².